The van der Waals surface area contributed by atoms with Gasteiger partial charge in [-0.05, 0) is 60.4 Å². The molecule has 4 aromatic rings. The molecule has 0 fully saturated rings. The molecular formula is C27H35FN6O2Si. The fourth-order valence-electron chi connectivity index (χ4n) is 4.38. The molecule has 0 saturated carbocycles. The summed E-state index contributed by atoms with van der Waals surface area (Å²) in [4.78, 5) is 0. The summed E-state index contributed by atoms with van der Waals surface area (Å²) in [7, 11) is -1.82. The maximum Gasteiger partial charge on any atom is 0.229 e. The Morgan fingerprint density at radius 2 is 1.92 bits per heavy atom. The number of halogens is 1. The van der Waals surface area contributed by atoms with Crippen LogP contribution in [0, 0.1) is 12.7 Å². The number of benzene rings is 2. The van der Waals surface area contributed by atoms with Crippen molar-refractivity contribution in [1.82, 2.24) is 24.5 Å². The normalized spacial score (nSPS) is 16.2. The van der Waals surface area contributed by atoms with Gasteiger partial charge in [-0.3, -0.25) is 9.25 Å². The van der Waals surface area contributed by atoms with E-state index in [0.29, 0.717) is 32.3 Å². The van der Waals surface area contributed by atoms with Crippen LogP contribution in [-0.2, 0) is 22.3 Å². The summed E-state index contributed by atoms with van der Waals surface area (Å²) in [6.45, 7) is 15.5. The van der Waals surface area contributed by atoms with Crippen molar-refractivity contribution in [3.8, 4) is 0 Å². The van der Waals surface area contributed by atoms with Gasteiger partial charge in [-0.2, -0.15) is 5.10 Å². The van der Waals surface area contributed by atoms with Gasteiger partial charge in [0.15, 0.2) is 14.1 Å². The predicted octanol–water partition coefficient (Wildman–Crippen LogP) is 5.96. The molecule has 1 N–H and O–H groups in total. The van der Waals surface area contributed by atoms with Crippen molar-refractivity contribution < 1.29 is 13.6 Å². The van der Waals surface area contributed by atoms with Crippen LogP contribution in [-0.4, -0.2) is 46.1 Å². The maximum absolute atomic E-state index is 13.5. The molecule has 2 aromatic carbocycles. The highest BCUT2D eigenvalue weighted by molar-refractivity contribution is 6.74. The van der Waals surface area contributed by atoms with Gasteiger partial charge in [0.1, 0.15) is 12.4 Å². The second kappa shape index (κ2) is 9.66. The van der Waals surface area contributed by atoms with E-state index in [4.69, 9.17) is 9.16 Å². The number of ether oxygens (including phenoxy) is 1. The Morgan fingerprint density at radius 3 is 2.65 bits per heavy atom. The lowest BCUT2D eigenvalue weighted by atomic mass is 10.1. The van der Waals surface area contributed by atoms with Crippen LogP contribution in [0.3, 0.4) is 0 Å². The first-order valence-corrected chi connectivity index (χ1v) is 15.6. The average molecular weight is 523 g/mol. The lowest BCUT2D eigenvalue weighted by Crippen LogP contribution is -2.41. The summed E-state index contributed by atoms with van der Waals surface area (Å²) in [5.74, 6) is 1.09. The molecule has 0 bridgehead atoms. The Labute approximate surface area is 217 Å². The number of hydrogen-bond acceptors (Lipinski definition) is 6. The molecule has 0 radical (unpaired) electrons. The monoisotopic (exact) mass is 522 g/mol. The smallest absolute Gasteiger partial charge is 0.229 e. The lowest BCUT2D eigenvalue weighted by Gasteiger charge is -2.36. The van der Waals surface area contributed by atoms with E-state index < -0.39 is 8.32 Å². The molecule has 0 saturated heterocycles. The fourth-order valence-corrected chi connectivity index (χ4v) is 5.41. The molecule has 10 heteroatoms. The van der Waals surface area contributed by atoms with E-state index in [1.807, 2.05) is 15.4 Å². The number of nitrogens with one attached hydrogen (secondary N) is 1. The topological polar surface area (TPSA) is 79.0 Å². The van der Waals surface area contributed by atoms with Gasteiger partial charge >= 0.3 is 0 Å². The minimum absolute atomic E-state index is 0.149. The molecule has 0 amide bonds. The Balaban J connectivity index is 1.40. The number of aromatic nitrogens is 5. The minimum atomic E-state index is -1.82. The van der Waals surface area contributed by atoms with Crippen molar-refractivity contribution in [3.63, 3.8) is 0 Å². The molecule has 3 heterocycles. The van der Waals surface area contributed by atoms with Gasteiger partial charge in [-0.15, -0.1) is 10.2 Å². The van der Waals surface area contributed by atoms with E-state index in [1.165, 1.54) is 12.1 Å². The van der Waals surface area contributed by atoms with Crippen molar-refractivity contribution >= 4 is 30.9 Å². The second-order valence-corrected chi connectivity index (χ2v) is 16.0. The number of hydrogen-bond donors (Lipinski definition) is 1. The third-order valence-electron chi connectivity index (χ3n) is 7.65. The van der Waals surface area contributed by atoms with Crippen LogP contribution in [0.1, 0.15) is 43.8 Å². The van der Waals surface area contributed by atoms with Gasteiger partial charge in [-0.25, -0.2) is 4.39 Å². The minimum Gasteiger partial charge on any atom is -0.415 e. The number of rotatable bonds is 7. The summed E-state index contributed by atoms with van der Waals surface area (Å²) in [6.07, 6.45) is 1.90. The quantitative estimate of drug-likeness (QED) is 0.302. The molecule has 0 unspecified atom stereocenters. The SMILES string of the molecule is Cc1cc2cnn(CCO[Si](C)(C)C(C)(C)C)c2cc1Nc1nnc2n1[C@H](c1ccc(F)cc1)COC2. The van der Waals surface area contributed by atoms with Crippen LogP contribution in [0.5, 0.6) is 0 Å². The zero-order chi connectivity index (χ0) is 26.4. The van der Waals surface area contributed by atoms with E-state index in [2.05, 4.69) is 73.5 Å². The summed E-state index contributed by atoms with van der Waals surface area (Å²) in [5.41, 5.74) is 3.98. The van der Waals surface area contributed by atoms with E-state index in [9.17, 15) is 4.39 Å². The van der Waals surface area contributed by atoms with Crippen LogP contribution in [0.2, 0.25) is 18.1 Å². The summed E-state index contributed by atoms with van der Waals surface area (Å²) >= 11 is 0. The van der Waals surface area contributed by atoms with Crippen molar-refractivity contribution in [1.29, 1.82) is 0 Å². The first-order valence-electron chi connectivity index (χ1n) is 12.7. The molecule has 37 heavy (non-hydrogen) atoms. The molecule has 1 aliphatic heterocycles. The van der Waals surface area contributed by atoms with Gasteiger partial charge < -0.3 is 14.5 Å². The van der Waals surface area contributed by atoms with E-state index in [-0.39, 0.29) is 16.9 Å². The van der Waals surface area contributed by atoms with Gasteiger partial charge in [0.25, 0.3) is 0 Å². The first kappa shape index (κ1) is 25.6. The summed E-state index contributed by atoms with van der Waals surface area (Å²) in [6, 6.07) is 10.6. The highest BCUT2D eigenvalue weighted by Gasteiger charge is 2.37. The zero-order valence-corrected chi connectivity index (χ0v) is 23.4. The Morgan fingerprint density at radius 1 is 1.16 bits per heavy atom. The van der Waals surface area contributed by atoms with Crippen molar-refractivity contribution in [2.75, 3.05) is 18.5 Å². The number of nitrogens with zero attached hydrogens (tertiary/aromatic N) is 5. The molecule has 1 atom stereocenters. The van der Waals surface area contributed by atoms with Gasteiger partial charge in [0.05, 0.1) is 37.5 Å². The van der Waals surface area contributed by atoms with E-state index in [1.54, 1.807) is 12.1 Å². The van der Waals surface area contributed by atoms with Crippen LogP contribution in [0.4, 0.5) is 16.0 Å². The van der Waals surface area contributed by atoms with E-state index >= 15 is 0 Å². The Kier molecular flexibility index (Phi) is 6.67. The highest BCUT2D eigenvalue weighted by Crippen LogP contribution is 2.36. The molecule has 2 aromatic heterocycles. The summed E-state index contributed by atoms with van der Waals surface area (Å²) in [5, 5.41) is 18.1. The molecule has 8 nitrogen and oxygen atoms in total. The highest BCUT2D eigenvalue weighted by atomic mass is 28.4. The summed E-state index contributed by atoms with van der Waals surface area (Å²) < 4.78 is 29.7. The Bertz CT molecular complexity index is 1410. The molecule has 0 spiro atoms. The number of aryl methyl sites for hydroxylation is 1. The number of anilines is 2. The predicted molar refractivity (Wildman–Crippen MR) is 145 cm³/mol. The van der Waals surface area contributed by atoms with Gasteiger partial charge in [0, 0.05) is 11.1 Å². The lowest BCUT2D eigenvalue weighted by molar-refractivity contribution is 0.0670. The van der Waals surface area contributed by atoms with Crippen molar-refractivity contribution in [3.05, 3.63) is 65.4 Å². The molecule has 1 aliphatic rings. The van der Waals surface area contributed by atoms with Crippen LogP contribution < -0.4 is 5.32 Å². The largest absolute Gasteiger partial charge is 0.415 e. The Hall–Kier alpha value is -3.08. The van der Waals surface area contributed by atoms with Crippen molar-refractivity contribution in [2.24, 2.45) is 0 Å². The third-order valence-corrected chi connectivity index (χ3v) is 12.2. The molecule has 5 rings (SSSR count). The fraction of sp³-hybridized carbons (Fsp3) is 0.444. The second-order valence-electron chi connectivity index (χ2n) is 11.2. The van der Waals surface area contributed by atoms with E-state index in [0.717, 1.165) is 33.5 Å². The molecule has 0 aliphatic carbocycles. The number of fused-ring (bicyclic) bond motifs is 2. The zero-order valence-electron chi connectivity index (χ0n) is 22.4. The standard InChI is InChI=1S/C27H35FN6O2Si/c1-18-13-20-15-29-33(11-12-36-37(5,6)27(2,3)4)23(20)14-22(18)30-26-32-31-25-17-35-16-24(34(25)26)19-7-9-21(28)10-8-19/h7-10,13-15,24H,11-12,16-17H2,1-6H3,(H,30,32)/t24-/m0/s1. The molecular weight excluding hydrogens is 487 g/mol. The first-order chi connectivity index (χ1) is 17.5. The third kappa shape index (κ3) is 5.05. The van der Waals surface area contributed by atoms with Crippen molar-refractivity contribution in [2.45, 2.75) is 65.0 Å². The van der Waals surface area contributed by atoms with Gasteiger partial charge in [0.2, 0.25) is 5.95 Å². The molecule has 196 valence electrons. The average Bonchev–Trinajstić information content (AvgIpc) is 3.43. The van der Waals surface area contributed by atoms with Crippen LogP contribution in [0.15, 0.2) is 42.6 Å². The van der Waals surface area contributed by atoms with Gasteiger partial charge in [-0.1, -0.05) is 32.9 Å². The van der Waals surface area contributed by atoms with Crippen LogP contribution in [0.25, 0.3) is 10.9 Å². The van der Waals surface area contributed by atoms with Crippen LogP contribution >= 0.6 is 0 Å². The maximum atomic E-state index is 13.5.